The molecule has 2 N–H and O–H groups in total. The van der Waals surface area contributed by atoms with Gasteiger partial charge in [-0.1, -0.05) is 5.92 Å². The number of ether oxygens (including phenoxy) is 1. The lowest BCUT2D eigenvalue weighted by molar-refractivity contribution is -0.133. The van der Waals surface area contributed by atoms with Crippen LogP contribution in [-0.2, 0) is 9.53 Å². The zero-order chi connectivity index (χ0) is 9.68. The molecule has 0 aromatic rings. The molecule has 1 saturated carbocycles. The van der Waals surface area contributed by atoms with Crippen molar-refractivity contribution in [3.63, 3.8) is 0 Å². The van der Waals surface area contributed by atoms with Crippen LogP contribution in [0.1, 0.15) is 25.7 Å². The molecule has 0 aliphatic heterocycles. The first-order chi connectivity index (χ1) is 6.22. The summed E-state index contributed by atoms with van der Waals surface area (Å²) in [5.41, 5.74) is 5.74. The fraction of sp³-hybridized carbons (Fsp3) is 0.700. The van der Waals surface area contributed by atoms with Gasteiger partial charge in [0.15, 0.2) is 0 Å². The lowest BCUT2D eigenvalue weighted by atomic mass is 9.87. The normalized spacial score (nSPS) is 25.3. The number of carbonyl (C=O) groups is 1. The largest absolute Gasteiger partial charge is 0.459 e. The van der Waals surface area contributed by atoms with Crippen LogP contribution in [0, 0.1) is 17.8 Å². The number of hydrogen-bond acceptors (Lipinski definition) is 3. The highest BCUT2D eigenvalue weighted by Gasteiger charge is 2.16. The van der Waals surface area contributed by atoms with Gasteiger partial charge in [-0.15, -0.1) is 12.4 Å². The monoisotopic (exact) mass is 217 g/mol. The van der Waals surface area contributed by atoms with Crippen molar-refractivity contribution >= 4 is 18.4 Å². The van der Waals surface area contributed by atoms with Gasteiger partial charge in [-0.25, -0.2) is 4.79 Å². The van der Waals surface area contributed by atoms with Crippen LogP contribution in [0.4, 0.5) is 0 Å². The van der Waals surface area contributed by atoms with Crippen LogP contribution >= 0.6 is 12.4 Å². The van der Waals surface area contributed by atoms with Gasteiger partial charge in [0, 0.05) is 17.9 Å². The Kier molecular flexibility index (Phi) is 6.35. The molecular weight excluding hydrogens is 202 g/mol. The number of esters is 1. The topological polar surface area (TPSA) is 52.3 Å². The van der Waals surface area contributed by atoms with Crippen molar-refractivity contribution in [3.8, 4) is 11.8 Å². The molecule has 0 atom stereocenters. The summed E-state index contributed by atoms with van der Waals surface area (Å²) in [5, 5.41) is 0. The molecule has 1 fully saturated rings. The lowest BCUT2D eigenvalue weighted by Gasteiger charge is -2.21. The van der Waals surface area contributed by atoms with E-state index in [1.54, 1.807) is 0 Å². The molecule has 3 nitrogen and oxygen atoms in total. The Balaban J connectivity index is 0.00000169. The Morgan fingerprint density at radius 2 is 1.93 bits per heavy atom. The number of hydrogen-bond donors (Lipinski definition) is 1. The van der Waals surface area contributed by atoms with Crippen LogP contribution in [0.15, 0.2) is 0 Å². The highest BCUT2D eigenvalue weighted by molar-refractivity contribution is 5.88. The maximum Gasteiger partial charge on any atom is 0.384 e. The maximum absolute atomic E-state index is 10.7. The fourth-order valence-corrected chi connectivity index (χ4v) is 1.48. The summed E-state index contributed by atoms with van der Waals surface area (Å²) >= 11 is 0. The molecule has 0 bridgehead atoms. The third-order valence-electron chi connectivity index (χ3n) is 2.34. The standard InChI is InChI=1S/C10H15NO2.ClH/c1-13-10(12)7-4-8-2-5-9(11)6-3-8;/h8-9H,2-3,5-6,11H2,1H3;1H. The molecule has 1 rings (SSSR count). The Morgan fingerprint density at radius 3 is 2.43 bits per heavy atom. The molecular formula is C10H16ClNO2. The van der Waals surface area contributed by atoms with Crippen molar-refractivity contribution in [2.24, 2.45) is 11.7 Å². The average Bonchev–Trinajstić information content (AvgIpc) is 2.16. The lowest BCUT2D eigenvalue weighted by Crippen LogP contribution is -2.26. The Labute approximate surface area is 90.8 Å². The molecule has 1 aliphatic rings. The molecule has 1 aliphatic carbocycles. The van der Waals surface area contributed by atoms with E-state index in [4.69, 9.17) is 5.73 Å². The molecule has 80 valence electrons. The summed E-state index contributed by atoms with van der Waals surface area (Å²) in [6, 6.07) is 0.330. The molecule has 0 radical (unpaired) electrons. The number of methoxy groups -OCH3 is 1. The number of halogens is 1. The zero-order valence-corrected chi connectivity index (χ0v) is 9.10. The van der Waals surface area contributed by atoms with Crippen LogP contribution < -0.4 is 5.73 Å². The molecule has 0 amide bonds. The van der Waals surface area contributed by atoms with Gasteiger partial charge in [0.2, 0.25) is 0 Å². The van der Waals surface area contributed by atoms with E-state index in [2.05, 4.69) is 16.6 Å². The molecule has 0 aromatic heterocycles. The summed E-state index contributed by atoms with van der Waals surface area (Å²) < 4.78 is 4.43. The van der Waals surface area contributed by atoms with Crippen molar-refractivity contribution in [2.75, 3.05) is 7.11 Å². The van der Waals surface area contributed by atoms with E-state index in [1.807, 2.05) is 0 Å². The van der Waals surface area contributed by atoms with Gasteiger partial charge in [-0.05, 0) is 25.7 Å². The molecule has 14 heavy (non-hydrogen) atoms. The first kappa shape index (κ1) is 13.3. The minimum absolute atomic E-state index is 0. The van der Waals surface area contributed by atoms with E-state index >= 15 is 0 Å². The van der Waals surface area contributed by atoms with Gasteiger partial charge in [0.05, 0.1) is 7.11 Å². The van der Waals surface area contributed by atoms with Crippen LogP contribution in [0.3, 0.4) is 0 Å². The Morgan fingerprint density at radius 1 is 1.36 bits per heavy atom. The van der Waals surface area contributed by atoms with Crippen LogP contribution in [0.25, 0.3) is 0 Å². The quantitative estimate of drug-likeness (QED) is 0.376. The van der Waals surface area contributed by atoms with E-state index in [0.717, 1.165) is 25.7 Å². The SMILES string of the molecule is COC(=O)C#CC1CCC(N)CC1.Cl. The Hall–Kier alpha value is -0.720. The van der Waals surface area contributed by atoms with Gasteiger partial charge < -0.3 is 10.5 Å². The molecule has 0 saturated heterocycles. The predicted octanol–water partition coefficient (Wildman–Crippen LogP) is 1.10. The number of rotatable bonds is 0. The second-order valence-corrected chi connectivity index (χ2v) is 3.37. The first-order valence-corrected chi connectivity index (χ1v) is 4.57. The smallest absolute Gasteiger partial charge is 0.384 e. The summed E-state index contributed by atoms with van der Waals surface area (Å²) in [6.07, 6.45) is 4.04. The number of nitrogens with two attached hydrogens (primary N) is 1. The molecule has 0 spiro atoms. The Bertz CT molecular complexity index is 236. The highest BCUT2D eigenvalue weighted by atomic mass is 35.5. The maximum atomic E-state index is 10.7. The van der Waals surface area contributed by atoms with Gasteiger partial charge in [-0.2, -0.15) is 0 Å². The van der Waals surface area contributed by atoms with E-state index in [-0.39, 0.29) is 12.4 Å². The summed E-state index contributed by atoms with van der Waals surface area (Å²) in [4.78, 5) is 10.7. The predicted molar refractivity (Wildman–Crippen MR) is 57.0 cm³/mol. The minimum Gasteiger partial charge on any atom is -0.459 e. The summed E-state index contributed by atoms with van der Waals surface area (Å²) in [6.45, 7) is 0. The average molecular weight is 218 g/mol. The number of carbonyl (C=O) groups excluding carboxylic acids is 1. The molecule has 0 aromatic carbocycles. The van der Waals surface area contributed by atoms with Crippen molar-refractivity contribution in [3.05, 3.63) is 0 Å². The third kappa shape index (κ3) is 4.50. The van der Waals surface area contributed by atoms with E-state index < -0.39 is 5.97 Å². The molecule has 0 heterocycles. The third-order valence-corrected chi connectivity index (χ3v) is 2.34. The van der Waals surface area contributed by atoms with E-state index in [0.29, 0.717) is 12.0 Å². The summed E-state index contributed by atoms with van der Waals surface area (Å²) in [7, 11) is 1.34. The molecule has 0 unspecified atom stereocenters. The van der Waals surface area contributed by atoms with Crippen LogP contribution in [-0.4, -0.2) is 19.1 Å². The minimum atomic E-state index is -0.449. The van der Waals surface area contributed by atoms with Crippen LogP contribution in [0.2, 0.25) is 0 Å². The van der Waals surface area contributed by atoms with Gasteiger partial charge >= 0.3 is 5.97 Å². The van der Waals surface area contributed by atoms with Gasteiger partial charge in [0.25, 0.3) is 0 Å². The van der Waals surface area contributed by atoms with Gasteiger partial charge in [0.1, 0.15) is 0 Å². The van der Waals surface area contributed by atoms with E-state index in [9.17, 15) is 4.79 Å². The first-order valence-electron chi connectivity index (χ1n) is 4.57. The second kappa shape index (κ2) is 6.69. The zero-order valence-electron chi connectivity index (χ0n) is 8.29. The second-order valence-electron chi connectivity index (χ2n) is 3.37. The highest BCUT2D eigenvalue weighted by Crippen LogP contribution is 2.21. The van der Waals surface area contributed by atoms with Crippen LogP contribution in [0.5, 0.6) is 0 Å². The van der Waals surface area contributed by atoms with E-state index in [1.165, 1.54) is 7.11 Å². The van der Waals surface area contributed by atoms with Crippen molar-refractivity contribution in [1.82, 2.24) is 0 Å². The summed E-state index contributed by atoms with van der Waals surface area (Å²) in [5.74, 6) is 5.26. The fourth-order valence-electron chi connectivity index (χ4n) is 1.48. The van der Waals surface area contributed by atoms with Crippen molar-refractivity contribution < 1.29 is 9.53 Å². The van der Waals surface area contributed by atoms with Crippen molar-refractivity contribution in [2.45, 2.75) is 31.7 Å². The van der Waals surface area contributed by atoms with Crippen molar-refractivity contribution in [1.29, 1.82) is 0 Å². The van der Waals surface area contributed by atoms with Gasteiger partial charge in [-0.3, -0.25) is 0 Å². The molecule has 4 heteroatoms.